The first kappa shape index (κ1) is 16.0. The molecule has 1 amide bonds. The fourth-order valence-electron chi connectivity index (χ4n) is 2.93. The van der Waals surface area contributed by atoms with E-state index in [-0.39, 0.29) is 12.3 Å². The molecule has 2 aromatic rings. The lowest BCUT2D eigenvalue weighted by molar-refractivity contribution is -0.138. The van der Waals surface area contributed by atoms with Crippen molar-refractivity contribution in [3.8, 4) is 0 Å². The van der Waals surface area contributed by atoms with Gasteiger partial charge in [0.1, 0.15) is 0 Å². The first-order valence-electron chi connectivity index (χ1n) is 7.97. The van der Waals surface area contributed by atoms with Crippen LogP contribution in [0.15, 0.2) is 60.2 Å². The Labute approximate surface area is 141 Å². The first-order chi connectivity index (χ1) is 11.6. The van der Waals surface area contributed by atoms with E-state index >= 15 is 0 Å². The Bertz CT molecular complexity index is 780. The Morgan fingerprint density at radius 2 is 1.75 bits per heavy atom. The molecule has 0 aliphatic carbocycles. The van der Waals surface area contributed by atoms with Crippen LogP contribution < -0.4 is 0 Å². The molecule has 0 radical (unpaired) electrons. The number of hydrogen-bond acceptors (Lipinski definition) is 2. The molecular weight excluding hydrogens is 302 g/mol. The summed E-state index contributed by atoms with van der Waals surface area (Å²) in [6.07, 6.45) is 2.21. The number of amides is 1. The molecule has 1 heterocycles. The maximum Gasteiger partial charge on any atom is 0.308 e. The van der Waals surface area contributed by atoms with E-state index in [1.54, 1.807) is 11.0 Å². The molecule has 0 aromatic heterocycles. The van der Waals surface area contributed by atoms with E-state index in [4.69, 9.17) is 5.11 Å². The second kappa shape index (κ2) is 7.13. The Hall–Kier alpha value is -2.88. The summed E-state index contributed by atoms with van der Waals surface area (Å²) in [6, 6.07) is 17.7. The van der Waals surface area contributed by atoms with Crippen molar-refractivity contribution in [2.45, 2.75) is 19.4 Å². The largest absolute Gasteiger partial charge is 0.481 e. The van der Waals surface area contributed by atoms with Gasteiger partial charge in [0, 0.05) is 18.7 Å². The SMILES string of the molecule is O=C(O)CC1=Cc2ccccc2CN(CCc2ccccc2)C1=O. The van der Waals surface area contributed by atoms with Gasteiger partial charge in [0.15, 0.2) is 0 Å². The summed E-state index contributed by atoms with van der Waals surface area (Å²) in [5.41, 5.74) is 3.45. The minimum atomic E-state index is -0.989. The molecule has 0 unspecified atom stereocenters. The first-order valence-corrected chi connectivity index (χ1v) is 7.97. The molecule has 3 rings (SSSR count). The number of aliphatic carboxylic acids is 1. The molecule has 0 fully saturated rings. The van der Waals surface area contributed by atoms with Gasteiger partial charge in [-0.2, -0.15) is 0 Å². The predicted molar refractivity (Wildman–Crippen MR) is 92.2 cm³/mol. The van der Waals surface area contributed by atoms with Crippen LogP contribution in [0.2, 0.25) is 0 Å². The number of hydrogen-bond donors (Lipinski definition) is 1. The number of benzene rings is 2. The molecule has 0 saturated carbocycles. The topological polar surface area (TPSA) is 57.6 Å². The average Bonchev–Trinajstić information content (AvgIpc) is 2.71. The van der Waals surface area contributed by atoms with Gasteiger partial charge < -0.3 is 10.0 Å². The molecule has 24 heavy (non-hydrogen) atoms. The van der Waals surface area contributed by atoms with Gasteiger partial charge in [0.25, 0.3) is 5.91 Å². The number of fused-ring (bicyclic) bond motifs is 1. The minimum absolute atomic E-state index is 0.190. The summed E-state index contributed by atoms with van der Waals surface area (Å²) < 4.78 is 0. The van der Waals surface area contributed by atoms with Gasteiger partial charge in [0.2, 0.25) is 0 Å². The van der Waals surface area contributed by atoms with Crippen molar-refractivity contribution in [3.05, 3.63) is 76.9 Å². The molecule has 122 valence electrons. The highest BCUT2D eigenvalue weighted by molar-refractivity contribution is 6.02. The normalized spacial score (nSPS) is 13.9. The second-order valence-corrected chi connectivity index (χ2v) is 5.90. The van der Waals surface area contributed by atoms with Crippen LogP contribution in [-0.2, 0) is 22.6 Å². The lowest BCUT2D eigenvalue weighted by Gasteiger charge is -2.22. The van der Waals surface area contributed by atoms with Crippen molar-refractivity contribution in [2.75, 3.05) is 6.54 Å². The Morgan fingerprint density at radius 3 is 2.50 bits per heavy atom. The summed E-state index contributed by atoms with van der Waals surface area (Å²) in [5, 5.41) is 9.11. The van der Waals surface area contributed by atoms with Gasteiger partial charge >= 0.3 is 5.97 Å². The minimum Gasteiger partial charge on any atom is -0.481 e. The van der Waals surface area contributed by atoms with Crippen LogP contribution in [0.1, 0.15) is 23.1 Å². The van der Waals surface area contributed by atoms with E-state index in [1.165, 1.54) is 0 Å². The van der Waals surface area contributed by atoms with Crippen LogP contribution in [0.3, 0.4) is 0 Å². The molecule has 0 atom stereocenters. The molecule has 1 aliphatic rings. The summed E-state index contributed by atoms with van der Waals surface area (Å²) in [7, 11) is 0. The van der Waals surface area contributed by atoms with Crippen molar-refractivity contribution in [1.29, 1.82) is 0 Å². The van der Waals surface area contributed by atoms with Crippen molar-refractivity contribution in [3.63, 3.8) is 0 Å². The highest BCUT2D eigenvalue weighted by atomic mass is 16.4. The number of rotatable bonds is 5. The van der Waals surface area contributed by atoms with Crippen LogP contribution in [0, 0.1) is 0 Å². The Morgan fingerprint density at radius 1 is 1.04 bits per heavy atom. The second-order valence-electron chi connectivity index (χ2n) is 5.90. The van der Waals surface area contributed by atoms with Gasteiger partial charge in [-0.15, -0.1) is 0 Å². The van der Waals surface area contributed by atoms with Crippen molar-refractivity contribution in [1.82, 2.24) is 4.90 Å². The molecular formula is C20H19NO3. The smallest absolute Gasteiger partial charge is 0.308 e. The fourth-order valence-corrected chi connectivity index (χ4v) is 2.93. The molecule has 0 saturated heterocycles. The van der Waals surface area contributed by atoms with Gasteiger partial charge in [-0.25, -0.2) is 0 Å². The predicted octanol–water partition coefficient (Wildman–Crippen LogP) is 3.13. The van der Waals surface area contributed by atoms with Gasteiger partial charge in [-0.3, -0.25) is 9.59 Å². The fraction of sp³-hybridized carbons (Fsp3) is 0.200. The number of nitrogens with zero attached hydrogens (tertiary/aromatic N) is 1. The molecule has 4 heteroatoms. The standard InChI is InChI=1S/C20H19NO3/c22-19(23)13-18-12-16-8-4-5-9-17(16)14-21(20(18)24)11-10-15-6-2-1-3-7-15/h1-9,12H,10-11,13-14H2,(H,22,23). The molecule has 0 bridgehead atoms. The molecule has 0 spiro atoms. The zero-order valence-corrected chi connectivity index (χ0v) is 13.3. The van der Waals surface area contributed by atoms with E-state index in [0.717, 1.165) is 23.1 Å². The monoisotopic (exact) mass is 321 g/mol. The zero-order chi connectivity index (χ0) is 16.9. The van der Waals surface area contributed by atoms with Crippen LogP contribution >= 0.6 is 0 Å². The molecule has 1 N–H and O–H groups in total. The molecule has 4 nitrogen and oxygen atoms in total. The number of carboxylic acids is 1. The van der Waals surface area contributed by atoms with E-state index in [0.29, 0.717) is 18.7 Å². The van der Waals surface area contributed by atoms with Gasteiger partial charge in [-0.05, 0) is 29.2 Å². The van der Waals surface area contributed by atoms with Crippen molar-refractivity contribution >= 4 is 18.0 Å². The van der Waals surface area contributed by atoms with Crippen LogP contribution in [-0.4, -0.2) is 28.4 Å². The summed E-state index contributed by atoms with van der Waals surface area (Å²) in [6.45, 7) is 1.07. The summed E-state index contributed by atoms with van der Waals surface area (Å²) >= 11 is 0. The van der Waals surface area contributed by atoms with E-state index in [1.807, 2.05) is 54.6 Å². The third-order valence-corrected chi connectivity index (χ3v) is 4.16. The lowest BCUT2D eigenvalue weighted by Crippen LogP contribution is -2.33. The summed E-state index contributed by atoms with van der Waals surface area (Å²) in [5.74, 6) is -1.18. The number of carboxylic acid groups (broad SMARTS) is 1. The highest BCUT2D eigenvalue weighted by Crippen LogP contribution is 2.23. The average molecular weight is 321 g/mol. The quantitative estimate of drug-likeness (QED) is 0.920. The van der Waals surface area contributed by atoms with Crippen LogP contribution in [0.4, 0.5) is 0 Å². The molecule has 1 aliphatic heterocycles. The van der Waals surface area contributed by atoms with Gasteiger partial charge in [-0.1, -0.05) is 54.6 Å². The van der Waals surface area contributed by atoms with E-state index < -0.39 is 5.97 Å². The van der Waals surface area contributed by atoms with E-state index in [9.17, 15) is 9.59 Å². The summed E-state index contributed by atoms with van der Waals surface area (Å²) in [4.78, 5) is 25.6. The van der Waals surface area contributed by atoms with Crippen molar-refractivity contribution in [2.24, 2.45) is 0 Å². The van der Waals surface area contributed by atoms with Gasteiger partial charge in [0.05, 0.1) is 6.42 Å². The third kappa shape index (κ3) is 3.71. The Balaban J connectivity index is 1.85. The maximum absolute atomic E-state index is 12.8. The van der Waals surface area contributed by atoms with Crippen LogP contribution in [0.5, 0.6) is 0 Å². The highest BCUT2D eigenvalue weighted by Gasteiger charge is 2.24. The Kier molecular flexibility index (Phi) is 4.75. The lowest BCUT2D eigenvalue weighted by atomic mass is 10.0. The maximum atomic E-state index is 12.8. The van der Waals surface area contributed by atoms with E-state index in [2.05, 4.69) is 0 Å². The number of carbonyl (C=O) groups is 2. The third-order valence-electron chi connectivity index (χ3n) is 4.16. The van der Waals surface area contributed by atoms with Crippen LogP contribution in [0.25, 0.3) is 6.08 Å². The molecule has 2 aromatic carbocycles. The van der Waals surface area contributed by atoms with Crippen molar-refractivity contribution < 1.29 is 14.7 Å². The zero-order valence-electron chi connectivity index (χ0n) is 13.3. The number of carbonyl (C=O) groups excluding carboxylic acids is 1.